The summed E-state index contributed by atoms with van der Waals surface area (Å²) < 4.78 is 24.5. The molecule has 0 saturated carbocycles. The van der Waals surface area contributed by atoms with E-state index in [2.05, 4.69) is 11.9 Å². The van der Waals surface area contributed by atoms with E-state index in [1.165, 1.54) is 12.8 Å². The number of rotatable bonds is 4. The highest BCUT2D eigenvalue weighted by atomic mass is 32.2. The quantitative estimate of drug-likeness (QED) is 0.857. The fourth-order valence-corrected chi connectivity index (χ4v) is 4.05. The summed E-state index contributed by atoms with van der Waals surface area (Å²) >= 11 is 0. The fraction of sp³-hybridized carbons (Fsp3) is 0.571. The lowest BCUT2D eigenvalue weighted by Gasteiger charge is -2.32. The molecule has 5 heteroatoms. The van der Waals surface area contributed by atoms with E-state index in [0.717, 1.165) is 13.0 Å². The maximum atomic E-state index is 12.3. The number of nitrogens with two attached hydrogens (primary N) is 1. The number of nitrogen functional groups attached to an aromatic ring is 1. The van der Waals surface area contributed by atoms with Crippen LogP contribution in [0.15, 0.2) is 29.2 Å². The average molecular weight is 282 g/mol. The largest absolute Gasteiger partial charge is 0.399 e. The number of nitrogens with zero attached hydrogens (tertiary/aromatic N) is 1. The van der Waals surface area contributed by atoms with Gasteiger partial charge in [-0.1, -0.05) is 12.5 Å². The number of benzene rings is 1. The van der Waals surface area contributed by atoms with Crippen molar-refractivity contribution >= 4 is 15.5 Å². The van der Waals surface area contributed by atoms with Crippen molar-refractivity contribution in [2.24, 2.45) is 0 Å². The van der Waals surface area contributed by atoms with Crippen molar-refractivity contribution in [3.8, 4) is 0 Å². The molecule has 1 aromatic carbocycles. The van der Waals surface area contributed by atoms with Crippen LogP contribution in [0.5, 0.6) is 0 Å². The monoisotopic (exact) mass is 282 g/mol. The minimum Gasteiger partial charge on any atom is -0.399 e. The van der Waals surface area contributed by atoms with Gasteiger partial charge in [0, 0.05) is 11.7 Å². The highest BCUT2D eigenvalue weighted by Crippen LogP contribution is 2.21. The summed E-state index contributed by atoms with van der Waals surface area (Å²) in [5, 5.41) is 0. The number of sulfone groups is 1. The second-order valence-electron chi connectivity index (χ2n) is 5.31. The Kier molecular flexibility index (Phi) is 4.47. The molecule has 0 aliphatic carbocycles. The molecule has 1 fully saturated rings. The topological polar surface area (TPSA) is 63.4 Å². The predicted octanol–water partition coefficient (Wildman–Crippen LogP) is 1.92. The first-order valence-electron chi connectivity index (χ1n) is 6.77. The van der Waals surface area contributed by atoms with Crippen molar-refractivity contribution in [1.29, 1.82) is 0 Å². The second-order valence-corrected chi connectivity index (χ2v) is 7.42. The molecule has 0 aromatic heterocycles. The molecule has 4 nitrogen and oxygen atoms in total. The first-order valence-corrected chi connectivity index (χ1v) is 8.43. The third-order valence-electron chi connectivity index (χ3n) is 3.86. The van der Waals surface area contributed by atoms with Crippen LogP contribution in [0.25, 0.3) is 0 Å². The normalized spacial score (nSPS) is 21.4. The lowest BCUT2D eigenvalue weighted by molar-refractivity contribution is 0.181. The summed E-state index contributed by atoms with van der Waals surface area (Å²) in [6, 6.07) is 6.95. The van der Waals surface area contributed by atoms with Crippen molar-refractivity contribution in [3.63, 3.8) is 0 Å². The van der Waals surface area contributed by atoms with Crippen LogP contribution in [0.3, 0.4) is 0 Å². The van der Waals surface area contributed by atoms with Crippen LogP contribution in [0.1, 0.15) is 25.7 Å². The highest BCUT2D eigenvalue weighted by Gasteiger charge is 2.22. The Morgan fingerprint density at radius 3 is 2.84 bits per heavy atom. The lowest BCUT2D eigenvalue weighted by Crippen LogP contribution is -2.37. The third-order valence-corrected chi connectivity index (χ3v) is 5.60. The van der Waals surface area contributed by atoms with E-state index in [9.17, 15) is 8.42 Å². The molecule has 2 rings (SSSR count). The minimum atomic E-state index is -3.21. The van der Waals surface area contributed by atoms with Gasteiger partial charge in [-0.3, -0.25) is 0 Å². The van der Waals surface area contributed by atoms with Gasteiger partial charge in [-0.05, 0) is 51.1 Å². The molecule has 1 atom stereocenters. The molecule has 1 aliphatic heterocycles. The van der Waals surface area contributed by atoms with Crippen LogP contribution in [0.4, 0.5) is 5.69 Å². The lowest BCUT2D eigenvalue weighted by atomic mass is 10.0. The molecule has 0 spiro atoms. The molecule has 19 heavy (non-hydrogen) atoms. The van der Waals surface area contributed by atoms with Crippen molar-refractivity contribution in [1.82, 2.24) is 4.90 Å². The number of hydrogen-bond donors (Lipinski definition) is 1. The average Bonchev–Trinajstić information content (AvgIpc) is 2.38. The summed E-state index contributed by atoms with van der Waals surface area (Å²) in [6.45, 7) is 1.07. The van der Waals surface area contributed by atoms with Crippen molar-refractivity contribution in [2.75, 3.05) is 25.1 Å². The zero-order valence-electron chi connectivity index (χ0n) is 11.4. The molecule has 106 valence electrons. The summed E-state index contributed by atoms with van der Waals surface area (Å²) in [5.41, 5.74) is 6.14. The highest BCUT2D eigenvalue weighted by molar-refractivity contribution is 7.91. The predicted molar refractivity (Wildman–Crippen MR) is 77.8 cm³/mol. The Bertz CT molecular complexity index is 528. The molecule has 2 N–H and O–H groups in total. The first-order chi connectivity index (χ1) is 8.99. The maximum Gasteiger partial charge on any atom is 0.178 e. The van der Waals surface area contributed by atoms with Crippen LogP contribution < -0.4 is 5.73 Å². The van der Waals surface area contributed by atoms with Crippen LogP contribution >= 0.6 is 0 Å². The van der Waals surface area contributed by atoms with E-state index in [4.69, 9.17) is 5.73 Å². The number of anilines is 1. The van der Waals surface area contributed by atoms with Gasteiger partial charge in [0.2, 0.25) is 0 Å². The Hall–Kier alpha value is -1.07. The zero-order chi connectivity index (χ0) is 13.9. The molecular weight excluding hydrogens is 260 g/mol. The standard InChI is InChI=1S/C14H22N2O2S/c1-16-9-3-2-6-13(16)8-10-19(17,18)14-7-4-5-12(15)11-14/h4-5,7,11,13H,2-3,6,8-10,15H2,1H3. The van der Waals surface area contributed by atoms with Gasteiger partial charge in [0.05, 0.1) is 10.6 Å². The van der Waals surface area contributed by atoms with Crippen LogP contribution in [0, 0.1) is 0 Å². The van der Waals surface area contributed by atoms with Gasteiger partial charge >= 0.3 is 0 Å². The molecule has 1 saturated heterocycles. The van der Waals surface area contributed by atoms with E-state index >= 15 is 0 Å². The summed E-state index contributed by atoms with van der Waals surface area (Å²) in [4.78, 5) is 2.62. The van der Waals surface area contributed by atoms with Crippen LogP contribution in [-0.4, -0.2) is 38.7 Å². The molecular formula is C14H22N2O2S. The molecule has 1 unspecified atom stereocenters. The van der Waals surface area contributed by atoms with Crippen molar-refractivity contribution < 1.29 is 8.42 Å². The smallest absolute Gasteiger partial charge is 0.178 e. The minimum absolute atomic E-state index is 0.200. The van der Waals surface area contributed by atoms with Crippen LogP contribution in [-0.2, 0) is 9.84 Å². The van der Waals surface area contributed by atoms with Gasteiger partial charge in [0.25, 0.3) is 0 Å². The summed E-state index contributed by atoms with van der Waals surface area (Å²) in [5.74, 6) is 0.200. The molecule has 0 amide bonds. The van der Waals surface area contributed by atoms with Gasteiger partial charge in [0.1, 0.15) is 0 Å². The van der Waals surface area contributed by atoms with Crippen molar-refractivity contribution in [3.05, 3.63) is 24.3 Å². The van der Waals surface area contributed by atoms with E-state index in [1.807, 2.05) is 0 Å². The van der Waals surface area contributed by atoms with E-state index in [0.29, 0.717) is 23.0 Å². The van der Waals surface area contributed by atoms with E-state index < -0.39 is 9.84 Å². The van der Waals surface area contributed by atoms with Gasteiger partial charge in [-0.2, -0.15) is 0 Å². The van der Waals surface area contributed by atoms with Gasteiger partial charge in [0.15, 0.2) is 9.84 Å². The van der Waals surface area contributed by atoms with Crippen LogP contribution in [0.2, 0.25) is 0 Å². The Balaban J connectivity index is 2.01. The third kappa shape index (κ3) is 3.70. The zero-order valence-corrected chi connectivity index (χ0v) is 12.2. The molecule has 0 bridgehead atoms. The first kappa shape index (κ1) is 14.3. The SMILES string of the molecule is CN1CCCCC1CCS(=O)(=O)c1cccc(N)c1. The van der Waals surface area contributed by atoms with Gasteiger partial charge < -0.3 is 10.6 Å². The van der Waals surface area contributed by atoms with E-state index in [1.54, 1.807) is 24.3 Å². The number of likely N-dealkylation sites (tertiary alicyclic amines) is 1. The van der Waals surface area contributed by atoms with Crippen molar-refractivity contribution in [2.45, 2.75) is 36.6 Å². The molecule has 1 aromatic rings. The molecule has 1 heterocycles. The fourth-order valence-electron chi connectivity index (χ4n) is 2.63. The van der Waals surface area contributed by atoms with Gasteiger partial charge in [-0.15, -0.1) is 0 Å². The molecule has 1 aliphatic rings. The van der Waals surface area contributed by atoms with Gasteiger partial charge in [-0.25, -0.2) is 8.42 Å². The maximum absolute atomic E-state index is 12.3. The Morgan fingerprint density at radius 1 is 1.37 bits per heavy atom. The molecule has 0 radical (unpaired) electrons. The second kappa shape index (κ2) is 5.92. The Labute approximate surface area is 115 Å². The summed E-state index contributed by atoms with van der Waals surface area (Å²) in [7, 11) is -1.13. The summed E-state index contributed by atoms with van der Waals surface area (Å²) in [6.07, 6.45) is 4.22. The van der Waals surface area contributed by atoms with E-state index in [-0.39, 0.29) is 5.75 Å². The number of piperidine rings is 1. The number of hydrogen-bond acceptors (Lipinski definition) is 4. The Morgan fingerprint density at radius 2 is 2.16 bits per heavy atom.